The summed E-state index contributed by atoms with van der Waals surface area (Å²) in [5.41, 5.74) is 6.65. The van der Waals surface area contributed by atoms with Crippen molar-refractivity contribution in [2.75, 3.05) is 5.32 Å². The molecule has 7 nitrogen and oxygen atoms in total. The fraction of sp³-hybridized carbons (Fsp3) is 0.429. The Balaban J connectivity index is 0.00000242. The third kappa shape index (κ3) is 4.02. The van der Waals surface area contributed by atoms with Gasteiger partial charge < -0.3 is 11.1 Å². The summed E-state index contributed by atoms with van der Waals surface area (Å²) in [6, 6.07) is 7.36. The van der Waals surface area contributed by atoms with Crippen molar-refractivity contribution in [3.05, 3.63) is 24.3 Å². The zero-order valence-electron chi connectivity index (χ0n) is 12.9. The number of hydrogen-bond donors (Lipinski definition) is 2. The Hall–Kier alpha value is -1.99. The summed E-state index contributed by atoms with van der Waals surface area (Å²) in [7, 11) is 1.76. The number of amides is 1. The molecule has 0 fully saturated rings. The Bertz CT molecular complexity index is 640. The Morgan fingerprint density at radius 3 is 2.77 bits per heavy atom. The minimum atomic E-state index is -0.878. The van der Waals surface area contributed by atoms with Gasteiger partial charge in [-0.1, -0.05) is 25.5 Å². The molecule has 1 aromatic carbocycles. The van der Waals surface area contributed by atoms with Crippen molar-refractivity contribution in [3.8, 4) is 11.4 Å². The first-order chi connectivity index (χ1) is 9.94. The second-order valence-electron chi connectivity index (χ2n) is 5.33. The molecule has 1 atom stereocenters. The number of carbonyl (C=O) groups excluding carboxylic acids is 1. The zero-order valence-corrected chi connectivity index (χ0v) is 13.7. The summed E-state index contributed by atoms with van der Waals surface area (Å²) >= 11 is 0. The molecule has 1 heterocycles. The minimum Gasteiger partial charge on any atom is -0.324 e. The molecule has 0 spiro atoms. The molecule has 0 saturated carbocycles. The molecule has 120 valence electrons. The quantitative estimate of drug-likeness (QED) is 0.873. The van der Waals surface area contributed by atoms with E-state index in [1.54, 1.807) is 18.7 Å². The topological polar surface area (TPSA) is 98.7 Å². The molecule has 1 aromatic heterocycles. The van der Waals surface area contributed by atoms with E-state index in [-0.39, 0.29) is 18.3 Å². The molecule has 0 aliphatic heterocycles. The Kier molecular flexibility index (Phi) is 6.01. The molecule has 3 N–H and O–H groups in total. The first-order valence-corrected chi connectivity index (χ1v) is 6.87. The summed E-state index contributed by atoms with van der Waals surface area (Å²) in [6.07, 6.45) is 1.48. The molecule has 2 rings (SSSR count). The highest BCUT2D eigenvalue weighted by molar-refractivity contribution is 5.98. The fourth-order valence-corrected chi connectivity index (χ4v) is 2.12. The van der Waals surface area contributed by atoms with Gasteiger partial charge in [0.05, 0.1) is 5.54 Å². The number of benzene rings is 1. The Morgan fingerprint density at radius 2 is 2.18 bits per heavy atom. The van der Waals surface area contributed by atoms with Crippen LogP contribution in [0.3, 0.4) is 0 Å². The summed E-state index contributed by atoms with van der Waals surface area (Å²) in [5, 5.41) is 14.2. The van der Waals surface area contributed by atoms with Gasteiger partial charge in [0.1, 0.15) is 0 Å². The number of tetrazole rings is 1. The van der Waals surface area contributed by atoms with E-state index in [0.29, 0.717) is 17.9 Å². The van der Waals surface area contributed by atoms with Crippen LogP contribution in [0.1, 0.15) is 26.7 Å². The van der Waals surface area contributed by atoms with Crippen molar-refractivity contribution in [3.63, 3.8) is 0 Å². The number of aromatic nitrogens is 4. The third-order valence-electron chi connectivity index (χ3n) is 3.29. The molecule has 0 aliphatic carbocycles. The average molecular weight is 325 g/mol. The maximum absolute atomic E-state index is 12.2. The lowest BCUT2D eigenvalue weighted by molar-refractivity contribution is -0.120. The maximum Gasteiger partial charge on any atom is 0.244 e. The number of rotatable bonds is 5. The van der Waals surface area contributed by atoms with E-state index in [0.717, 1.165) is 12.0 Å². The van der Waals surface area contributed by atoms with Gasteiger partial charge in [-0.2, -0.15) is 0 Å². The van der Waals surface area contributed by atoms with Gasteiger partial charge in [0.2, 0.25) is 5.91 Å². The smallest absolute Gasteiger partial charge is 0.244 e. The van der Waals surface area contributed by atoms with Crippen LogP contribution in [0.2, 0.25) is 0 Å². The van der Waals surface area contributed by atoms with Gasteiger partial charge in [-0.25, -0.2) is 4.68 Å². The van der Waals surface area contributed by atoms with E-state index >= 15 is 0 Å². The van der Waals surface area contributed by atoms with Gasteiger partial charge in [0.15, 0.2) is 5.82 Å². The molecule has 0 aliphatic rings. The van der Waals surface area contributed by atoms with Crippen LogP contribution in [0.25, 0.3) is 11.4 Å². The van der Waals surface area contributed by atoms with Crippen LogP contribution in [0.15, 0.2) is 24.3 Å². The zero-order chi connectivity index (χ0) is 15.5. The van der Waals surface area contributed by atoms with Gasteiger partial charge in [0, 0.05) is 18.3 Å². The predicted molar refractivity (Wildman–Crippen MR) is 87.6 cm³/mol. The molecule has 1 unspecified atom stereocenters. The van der Waals surface area contributed by atoms with Gasteiger partial charge in [0.25, 0.3) is 0 Å². The van der Waals surface area contributed by atoms with Gasteiger partial charge in [-0.15, -0.1) is 17.5 Å². The number of anilines is 1. The third-order valence-corrected chi connectivity index (χ3v) is 3.29. The summed E-state index contributed by atoms with van der Waals surface area (Å²) in [4.78, 5) is 12.2. The summed E-state index contributed by atoms with van der Waals surface area (Å²) in [5.74, 6) is 0.438. The number of nitrogens with one attached hydrogen (secondary N) is 1. The highest BCUT2D eigenvalue weighted by Crippen LogP contribution is 2.20. The summed E-state index contributed by atoms with van der Waals surface area (Å²) < 4.78 is 1.57. The molecule has 8 heteroatoms. The minimum absolute atomic E-state index is 0. The molecular weight excluding hydrogens is 304 g/mol. The van der Waals surface area contributed by atoms with Crippen LogP contribution in [0.4, 0.5) is 5.69 Å². The molecule has 2 aromatic rings. The van der Waals surface area contributed by atoms with E-state index in [1.807, 2.05) is 31.2 Å². The van der Waals surface area contributed by atoms with Gasteiger partial charge in [-0.3, -0.25) is 4.79 Å². The monoisotopic (exact) mass is 324 g/mol. The average Bonchev–Trinajstić information content (AvgIpc) is 2.85. The van der Waals surface area contributed by atoms with Crippen LogP contribution < -0.4 is 11.1 Å². The van der Waals surface area contributed by atoms with E-state index in [4.69, 9.17) is 5.73 Å². The van der Waals surface area contributed by atoms with Crippen molar-refractivity contribution in [2.45, 2.75) is 32.2 Å². The fourth-order valence-electron chi connectivity index (χ4n) is 2.12. The lowest BCUT2D eigenvalue weighted by atomic mass is 9.96. The first kappa shape index (κ1) is 18.1. The Labute approximate surface area is 135 Å². The molecular formula is C14H21ClN6O. The number of aryl methyl sites for hydroxylation is 1. The molecule has 0 bridgehead atoms. The Morgan fingerprint density at radius 1 is 1.45 bits per heavy atom. The van der Waals surface area contributed by atoms with Crippen molar-refractivity contribution in [1.82, 2.24) is 20.2 Å². The normalized spacial score (nSPS) is 13.1. The second kappa shape index (κ2) is 7.33. The van der Waals surface area contributed by atoms with Crippen LogP contribution in [-0.2, 0) is 11.8 Å². The first-order valence-electron chi connectivity index (χ1n) is 6.87. The highest BCUT2D eigenvalue weighted by Gasteiger charge is 2.27. The van der Waals surface area contributed by atoms with Crippen LogP contribution in [0, 0.1) is 0 Å². The maximum atomic E-state index is 12.2. The SMILES string of the molecule is CCCC(C)(N)C(=O)Nc1cccc(-c2nnnn2C)c1.Cl. The van der Waals surface area contributed by atoms with E-state index in [1.165, 1.54) is 0 Å². The van der Waals surface area contributed by atoms with E-state index in [2.05, 4.69) is 20.8 Å². The van der Waals surface area contributed by atoms with Crippen molar-refractivity contribution >= 4 is 24.0 Å². The molecule has 0 radical (unpaired) electrons. The molecule has 22 heavy (non-hydrogen) atoms. The van der Waals surface area contributed by atoms with Crippen LogP contribution in [0.5, 0.6) is 0 Å². The van der Waals surface area contributed by atoms with Crippen LogP contribution >= 0.6 is 12.4 Å². The van der Waals surface area contributed by atoms with Crippen LogP contribution in [-0.4, -0.2) is 31.7 Å². The van der Waals surface area contributed by atoms with E-state index < -0.39 is 5.54 Å². The number of nitrogens with zero attached hydrogens (tertiary/aromatic N) is 4. The van der Waals surface area contributed by atoms with Crippen molar-refractivity contribution in [2.24, 2.45) is 12.8 Å². The second-order valence-corrected chi connectivity index (χ2v) is 5.33. The number of halogens is 1. The highest BCUT2D eigenvalue weighted by atomic mass is 35.5. The van der Waals surface area contributed by atoms with Crippen molar-refractivity contribution < 1.29 is 4.79 Å². The lowest BCUT2D eigenvalue weighted by Crippen LogP contribution is -2.48. The molecule has 0 saturated heterocycles. The van der Waals surface area contributed by atoms with Gasteiger partial charge >= 0.3 is 0 Å². The molecule has 1 amide bonds. The van der Waals surface area contributed by atoms with Crippen molar-refractivity contribution in [1.29, 1.82) is 0 Å². The lowest BCUT2D eigenvalue weighted by Gasteiger charge is -2.22. The standard InChI is InChI=1S/C14H20N6O.ClH/c1-4-8-14(2,15)13(21)16-11-7-5-6-10(9-11)12-17-18-19-20(12)3;/h5-7,9H,4,8,15H2,1-3H3,(H,16,21);1H. The van der Waals surface area contributed by atoms with Gasteiger partial charge in [-0.05, 0) is 35.9 Å². The number of carbonyl (C=O) groups is 1. The number of hydrogen-bond acceptors (Lipinski definition) is 5. The van der Waals surface area contributed by atoms with E-state index in [9.17, 15) is 4.79 Å². The number of nitrogens with two attached hydrogens (primary N) is 1. The predicted octanol–water partition coefficient (Wildman–Crippen LogP) is 1.75. The summed E-state index contributed by atoms with van der Waals surface area (Å²) in [6.45, 7) is 3.74. The largest absolute Gasteiger partial charge is 0.324 e.